The molecule has 0 saturated heterocycles. The summed E-state index contributed by atoms with van der Waals surface area (Å²) in [5, 5.41) is 2.13. The molecule has 0 N–H and O–H groups in total. The molecule has 0 unspecified atom stereocenters. The zero-order valence-corrected chi connectivity index (χ0v) is 14.6. The topological polar surface area (TPSA) is 34.0 Å². The van der Waals surface area contributed by atoms with Crippen molar-refractivity contribution in [2.24, 2.45) is 0 Å². The van der Waals surface area contributed by atoms with Gasteiger partial charge in [0.05, 0.1) is 0 Å². The lowest BCUT2D eigenvalue weighted by Crippen LogP contribution is -2.21. The van der Waals surface area contributed by atoms with Crippen LogP contribution in [0.5, 0.6) is 0 Å². The van der Waals surface area contributed by atoms with E-state index in [4.69, 9.17) is 11.6 Å². The minimum absolute atomic E-state index is 0.816. The van der Waals surface area contributed by atoms with Crippen molar-refractivity contribution in [2.75, 3.05) is 20.1 Å². The number of hydrogen-bond donors (Lipinski definition) is 0. The first-order valence-corrected chi connectivity index (χ1v) is 8.82. The molecule has 0 atom stereocenters. The van der Waals surface area contributed by atoms with E-state index in [1.54, 1.807) is 6.33 Å². The predicted molar refractivity (Wildman–Crippen MR) is 97.6 cm³/mol. The molecule has 1 aliphatic heterocycles. The number of aromatic nitrogens is 3. The molecule has 0 bridgehead atoms. The number of nitrogens with zero attached hydrogens (tertiary/aromatic N) is 4. The minimum Gasteiger partial charge on any atom is -0.344 e. The van der Waals surface area contributed by atoms with Crippen LogP contribution in [-0.4, -0.2) is 39.6 Å². The Hall–Kier alpha value is -1.91. The zero-order valence-electron chi connectivity index (χ0n) is 13.9. The summed E-state index contributed by atoms with van der Waals surface area (Å²) in [5.41, 5.74) is 5.41. The van der Waals surface area contributed by atoms with Gasteiger partial charge in [-0.1, -0.05) is 11.6 Å². The fraction of sp³-hybridized carbons (Fsp3) is 0.368. The molecule has 0 fully saturated rings. The van der Waals surface area contributed by atoms with Crippen molar-refractivity contribution >= 4 is 22.5 Å². The third-order valence-corrected chi connectivity index (χ3v) is 5.20. The van der Waals surface area contributed by atoms with Crippen molar-refractivity contribution in [3.05, 3.63) is 58.8 Å². The van der Waals surface area contributed by atoms with Crippen LogP contribution in [0, 0.1) is 0 Å². The maximum atomic E-state index is 6.28. The number of likely N-dealkylation sites (N-methyl/N-ethyl adjacent to an activating group) is 1. The fourth-order valence-corrected chi connectivity index (χ4v) is 3.85. The highest BCUT2D eigenvalue weighted by molar-refractivity contribution is 6.31. The number of rotatable bonds is 3. The van der Waals surface area contributed by atoms with E-state index in [0.29, 0.717) is 0 Å². The third-order valence-electron chi connectivity index (χ3n) is 4.96. The molecule has 24 heavy (non-hydrogen) atoms. The van der Waals surface area contributed by atoms with Gasteiger partial charge in [-0.05, 0) is 49.2 Å². The largest absolute Gasteiger partial charge is 0.344 e. The Labute approximate surface area is 147 Å². The van der Waals surface area contributed by atoms with Crippen LogP contribution in [0.1, 0.15) is 16.8 Å². The van der Waals surface area contributed by atoms with E-state index < -0.39 is 0 Å². The summed E-state index contributed by atoms with van der Waals surface area (Å²) >= 11 is 6.28. The molecule has 1 aromatic carbocycles. The number of hydrogen-bond acceptors (Lipinski definition) is 3. The Morgan fingerprint density at radius 3 is 2.75 bits per heavy atom. The second-order valence-electron chi connectivity index (χ2n) is 6.54. The quantitative estimate of drug-likeness (QED) is 0.733. The molecule has 0 saturated carbocycles. The number of halogens is 1. The number of benzene rings is 1. The predicted octanol–water partition coefficient (Wildman–Crippen LogP) is 3.36. The molecule has 124 valence electrons. The lowest BCUT2D eigenvalue weighted by molar-refractivity contribution is 0.351. The van der Waals surface area contributed by atoms with Crippen molar-refractivity contribution in [3.63, 3.8) is 0 Å². The molecule has 1 aliphatic rings. The lowest BCUT2D eigenvalue weighted by atomic mass is 10.1. The summed E-state index contributed by atoms with van der Waals surface area (Å²) in [6.07, 6.45) is 8.51. The summed E-state index contributed by atoms with van der Waals surface area (Å²) in [4.78, 5) is 10.7. The van der Waals surface area contributed by atoms with Crippen LogP contribution in [0.2, 0.25) is 5.02 Å². The summed E-state index contributed by atoms with van der Waals surface area (Å²) in [6.45, 7) is 3.15. The molecule has 0 spiro atoms. The van der Waals surface area contributed by atoms with Crippen LogP contribution < -0.4 is 0 Å². The zero-order chi connectivity index (χ0) is 16.5. The minimum atomic E-state index is 0.816. The first kappa shape index (κ1) is 15.6. The van der Waals surface area contributed by atoms with Crippen LogP contribution in [-0.2, 0) is 25.8 Å². The van der Waals surface area contributed by atoms with Gasteiger partial charge >= 0.3 is 0 Å². The van der Waals surface area contributed by atoms with Gasteiger partial charge in [0, 0.05) is 60.1 Å². The number of fused-ring (bicyclic) bond motifs is 3. The summed E-state index contributed by atoms with van der Waals surface area (Å²) in [6, 6.07) is 6.29. The van der Waals surface area contributed by atoms with Crippen molar-refractivity contribution < 1.29 is 0 Å². The van der Waals surface area contributed by atoms with E-state index in [1.165, 1.54) is 27.7 Å². The SMILES string of the molecule is CN1CCc2c(n(CCc3cncnc3)c3ccc(Cl)cc23)CC1. The summed E-state index contributed by atoms with van der Waals surface area (Å²) in [7, 11) is 2.20. The Bertz CT molecular complexity index is 857. The van der Waals surface area contributed by atoms with E-state index >= 15 is 0 Å². The van der Waals surface area contributed by atoms with Crippen molar-refractivity contribution in [2.45, 2.75) is 25.8 Å². The molecule has 0 amide bonds. The first-order chi connectivity index (χ1) is 11.7. The van der Waals surface area contributed by atoms with Crippen LogP contribution in [0.4, 0.5) is 0 Å². The van der Waals surface area contributed by atoms with Crippen molar-refractivity contribution in [1.29, 1.82) is 0 Å². The summed E-state index contributed by atoms with van der Waals surface area (Å²) in [5.74, 6) is 0. The molecule has 0 aliphatic carbocycles. The number of aryl methyl sites for hydroxylation is 2. The van der Waals surface area contributed by atoms with Crippen LogP contribution in [0.3, 0.4) is 0 Å². The average molecular weight is 341 g/mol. The fourth-order valence-electron chi connectivity index (χ4n) is 3.68. The molecule has 3 aromatic rings. The molecule has 0 radical (unpaired) electrons. The standard InChI is InChI=1S/C19H21ClN4/c1-23-7-5-16-17-10-15(20)2-3-18(17)24(19(16)6-8-23)9-4-14-11-21-13-22-12-14/h2-3,10-13H,4-9H2,1H3. The molecular formula is C19H21ClN4. The van der Waals surface area contributed by atoms with E-state index in [9.17, 15) is 0 Å². The molecular weight excluding hydrogens is 320 g/mol. The Morgan fingerprint density at radius 1 is 1.12 bits per heavy atom. The van der Waals surface area contributed by atoms with E-state index in [0.717, 1.165) is 43.9 Å². The van der Waals surface area contributed by atoms with Crippen molar-refractivity contribution in [1.82, 2.24) is 19.4 Å². The van der Waals surface area contributed by atoms with Crippen LogP contribution in [0.25, 0.3) is 10.9 Å². The molecule has 2 aromatic heterocycles. The van der Waals surface area contributed by atoms with Gasteiger partial charge < -0.3 is 9.47 Å². The molecule has 5 heteroatoms. The van der Waals surface area contributed by atoms with Gasteiger partial charge in [-0.25, -0.2) is 9.97 Å². The van der Waals surface area contributed by atoms with Gasteiger partial charge in [0.2, 0.25) is 0 Å². The van der Waals surface area contributed by atoms with E-state index in [-0.39, 0.29) is 0 Å². The van der Waals surface area contributed by atoms with Crippen LogP contribution >= 0.6 is 11.6 Å². The highest BCUT2D eigenvalue weighted by Crippen LogP contribution is 2.31. The highest BCUT2D eigenvalue weighted by Gasteiger charge is 2.20. The van der Waals surface area contributed by atoms with Crippen LogP contribution in [0.15, 0.2) is 36.9 Å². The lowest BCUT2D eigenvalue weighted by Gasteiger charge is -2.14. The van der Waals surface area contributed by atoms with Gasteiger partial charge in [0.15, 0.2) is 0 Å². The van der Waals surface area contributed by atoms with Crippen molar-refractivity contribution in [3.8, 4) is 0 Å². The van der Waals surface area contributed by atoms with Gasteiger partial charge in [-0.3, -0.25) is 0 Å². The Kier molecular flexibility index (Phi) is 4.25. The molecule has 3 heterocycles. The Morgan fingerprint density at radius 2 is 1.92 bits per heavy atom. The smallest absolute Gasteiger partial charge is 0.115 e. The van der Waals surface area contributed by atoms with Gasteiger partial charge in [0.1, 0.15) is 6.33 Å². The molecule has 4 nitrogen and oxygen atoms in total. The second-order valence-corrected chi connectivity index (χ2v) is 6.97. The highest BCUT2D eigenvalue weighted by atomic mass is 35.5. The summed E-state index contributed by atoms with van der Waals surface area (Å²) < 4.78 is 2.48. The maximum Gasteiger partial charge on any atom is 0.115 e. The monoisotopic (exact) mass is 340 g/mol. The Balaban J connectivity index is 1.76. The maximum absolute atomic E-state index is 6.28. The average Bonchev–Trinajstić information content (AvgIpc) is 2.74. The van der Waals surface area contributed by atoms with Gasteiger partial charge in [0.25, 0.3) is 0 Å². The third kappa shape index (κ3) is 2.92. The second kappa shape index (κ2) is 6.54. The first-order valence-electron chi connectivity index (χ1n) is 8.44. The van der Waals surface area contributed by atoms with Gasteiger partial charge in [-0.15, -0.1) is 0 Å². The molecule has 4 rings (SSSR count). The normalized spacial score (nSPS) is 15.4. The van der Waals surface area contributed by atoms with Gasteiger partial charge in [-0.2, -0.15) is 0 Å². The van der Waals surface area contributed by atoms with E-state index in [2.05, 4.69) is 38.6 Å². The van der Waals surface area contributed by atoms with E-state index in [1.807, 2.05) is 18.5 Å².